The molecule has 0 spiro atoms. The number of imidazole rings is 1. The monoisotopic (exact) mass is 338 g/mol. The molecule has 0 unspecified atom stereocenters. The van der Waals surface area contributed by atoms with E-state index in [-0.39, 0.29) is 5.91 Å². The van der Waals surface area contributed by atoms with E-state index in [9.17, 15) is 4.79 Å². The van der Waals surface area contributed by atoms with Gasteiger partial charge >= 0.3 is 0 Å². The quantitative estimate of drug-likeness (QED) is 0.553. The van der Waals surface area contributed by atoms with E-state index in [2.05, 4.69) is 20.5 Å². The van der Waals surface area contributed by atoms with Crippen LogP contribution in [-0.4, -0.2) is 36.3 Å². The van der Waals surface area contributed by atoms with Crippen molar-refractivity contribution in [1.29, 1.82) is 0 Å². The lowest BCUT2D eigenvalue weighted by Gasteiger charge is -2.07. The lowest BCUT2D eigenvalue weighted by molar-refractivity contribution is 0.0955. The highest BCUT2D eigenvalue weighted by molar-refractivity contribution is 5.97. The zero-order valence-corrected chi connectivity index (χ0v) is 14.2. The molecule has 25 heavy (non-hydrogen) atoms. The number of ether oxygens (including phenoxy) is 2. The summed E-state index contributed by atoms with van der Waals surface area (Å²) in [6, 6.07) is 10.6. The molecule has 0 saturated heterocycles. The van der Waals surface area contributed by atoms with Gasteiger partial charge in [-0.25, -0.2) is 10.4 Å². The average Bonchev–Trinajstić information content (AvgIpc) is 3.00. The number of hydrogen-bond acceptors (Lipinski definition) is 5. The molecule has 0 aliphatic rings. The lowest BCUT2D eigenvalue weighted by atomic mass is 10.2. The summed E-state index contributed by atoms with van der Waals surface area (Å²) < 4.78 is 10.4. The Kier molecular flexibility index (Phi) is 4.65. The molecular formula is C18H18N4O3. The van der Waals surface area contributed by atoms with Gasteiger partial charge in [-0.15, -0.1) is 0 Å². The molecule has 2 aromatic carbocycles. The summed E-state index contributed by atoms with van der Waals surface area (Å²) in [5.41, 5.74) is 5.42. The Hall–Kier alpha value is -3.35. The minimum atomic E-state index is -0.300. The Labute approximate surface area is 144 Å². The summed E-state index contributed by atoms with van der Waals surface area (Å²) in [7, 11) is 3.14. The highest BCUT2D eigenvalue weighted by atomic mass is 16.5. The van der Waals surface area contributed by atoms with Gasteiger partial charge in [0.15, 0.2) is 11.5 Å². The van der Waals surface area contributed by atoms with Gasteiger partial charge in [0.25, 0.3) is 5.91 Å². The number of amides is 1. The van der Waals surface area contributed by atoms with Crippen LogP contribution in [0.4, 0.5) is 0 Å². The van der Waals surface area contributed by atoms with Crippen molar-refractivity contribution in [3.05, 3.63) is 53.3 Å². The molecule has 0 fully saturated rings. The van der Waals surface area contributed by atoms with Crippen LogP contribution < -0.4 is 14.9 Å². The third-order valence-corrected chi connectivity index (χ3v) is 3.65. The average molecular weight is 338 g/mol. The number of hydrazone groups is 1. The maximum Gasteiger partial charge on any atom is 0.271 e. The largest absolute Gasteiger partial charge is 0.493 e. The van der Waals surface area contributed by atoms with Gasteiger partial charge in [-0.1, -0.05) is 0 Å². The fraction of sp³-hybridized carbons (Fsp3) is 0.167. The van der Waals surface area contributed by atoms with Gasteiger partial charge in [-0.2, -0.15) is 5.10 Å². The summed E-state index contributed by atoms with van der Waals surface area (Å²) in [6.07, 6.45) is 1.54. The van der Waals surface area contributed by atoms with Crippen LogP contribution in [-0.2, 0) is 0 Å². The number of hydrogen-bond donors (Lipinski definition) is 2. The van der Waals surface area contributed by atoms with Crippen molar-refractivity contribution >= 4 is 23.2 Å². The fourth-order valence-electron chi connectivity index (χ4n) is 2.44. The molecule has 128 valence electrons. The molecule has 0 saturated carbocycles. The minimum absolute atomic E-state index is 0.300. The first-order chi connectivity index (χ1) is 12.1. The summed E-state index contributed by atoms with van der Waals surface area (Å²) >= 11 is 0. The van der Waals surface area contributed by atoms with Gasteiger partial charge in [0.1, 0.15) is 5.82 Å². The van der Waals surface area contributed by atoms with Crippen LogP contribution in [0.2, 0.25) is 0 Å². The second-order valence-electron chi connectivity index (χ2n) is 5.37. The second-order valence-corrected chi connectivity index (χ2v) is 5.37. The molecule has 1 amide bonds. The van der Waals surface area contributed by atoms with Crippen LogP contribution in [0.15, 0.2) is 41.5 Å². The van der Waals surface area contributed by atoms with Crippen LogP contribution in [0.3, 0.4) is 0 Å². The number of H-pyrrole nitrogens is 1. The Morgan fingerprint density at radius 1 is 1.16 bits per heavy atom. The van der Waals surface area contributed by atoms with Gasteiger partial charge in [-0.3, -0.25) is 4.79 Å². The van der Waals surface area contributed by atoms with Crippen molar-refractivity contribution in [3.63, 3.8) is 0 Å². The van der Waals surface area contributed by atoms with Crippen LogP contribution >= 0.6 is 0 Å². The number of carbonyl (C=O) groups is 1. The molecule has 3 aromatic rings. The van der Waals surface area contributed by atoms with E-state index in [1.807, 2.05) is 13.0 Å². The molecular weight excluding hydrogens is 320 g/mol. The molecule has 0 aliphatic carbocycles. The zero-order chi connectivity index (χ0) is 17.8. The van der Waals surface area contributed by atoms with Crippen molar-refractivity contribution in [2.75, 3.05) is 14.2 Å². The number of nitrogens with zero attached hydrogens (tertiary/aromatic N) is 2. The second kappa shape index (κ2) is 7.04. The molecule has 3 rings (SSSR count). The molecule has 2 N–H and O–H groups in total. The van der Waals surface area contributed by atoms with Crippen molar-refractivity contribution in [2.24, 2.45) is 5.10 Å². The van der Waals surface area contributed by atoms with Crippen LogP contribution in [0.25, 0.3) is 11.0 Å². The predicted molar refractivity (Wildman–Crippen MR) is 95.4 cm³/mol. The molecule has 0 aliphatic heterocycles. The van der Waals surface area contributed by atoms with E-state index < -0.39 is 0 Å². The first kappa shape index (κ1) is 16.5. The van der Waals surface area contributed by atoms with E-state index in [0.29, 0.717) is 17.1 Å². The van der Waals surface area contributed by atoms with Gasteiger partial charge in [0.2, 0.25) is 0 Å². The Morgan fingerprint density at radius 2 is 1.96 bits per heavy atom. The highest BCUT2D eigenvalue weighted by Gasteiger charge is 2.07. The van der Waals surface area contributed by atoms with Crippen LogP contribution in [0, 0.1) is 6.92 Å². The number of fused-ring (bicyclic) bond motifs is 1. The minimum Gasteiger partial charge on any atom is -0.493 e. The zero-order valence-electron chi connectivity index (χ0n) is 14.2. The maximum absolute atomic E-state index is 12.2. The molecule has 0 bridgehead atoms. The van der Waals surface area contributed by atoms with Crippen LogP contribution in [0.5, 0.6) is 11.5 Å². The number of aryl methyl sites for hydroxylation is 1. The number of rotatable bonds is 5. The number of carbonyl (C=O) groups excluding carboxylic acids is 1. The third-order valence-electron chi connectivity index (χ3n) is 3.65. The molecule has 0 radical (unpaired) electrons. The van der Waals surface area contributed by atoms with Crippen molar-refractivity contribution in [2.45, 2.75) is 6.92 Å². The van der Waals surface area contributed by atoms with E-state index >= 15 is 0 Å². The van der Waals surface area contributed by atoms with E-state index in [1.54, 1.807) is 50.8 Å². The number of nitrogens with one attached hydrogen (secondary N) is 2. The Bertz CT molecular complexity index is 947. The predicted octanol–water partition coefficient (Wildman–Crippen LogP) is 2.65. The fourth-order valence-corrected chi connectivity index (χ4v) is 2.44. The van der Waals surface area contributed by atoms with Gasteiger partial charge in [-0.05, 0) is 48.9 Å². The Morgan fingerprint density at radius 3 is 2.72 bits per heavy atom. The maximum atomic E-state index is 12.2. The summed E-state index contributed by atoms with van der Waals surface area (Å²) in [5, 5.41) is 3.99. The van der Waals surface area contributed by atoms with E-state index in [0.717, 1.165) is 22.4 Å². The van der Waals surface area contributed by atoms with E-state index in [4.69, 9.17) is 9.47 Å². The number of methoxy groups -OCH3 is 2. The molecule has 1 heterocycles. The first-order valence-electron chi connectivity index (χ1n) is 7.62. The van der Waals surface area contributed by atoms with Gasteiger partial charge in [0, 0.05) is 5.56 Å². The van der Waals surface area contributed by atoms with Crippen molar-refractivity contribution in [1.82, 2.24) is 15.4 Å². The highest BCUT2D eigenvalue weighted by Crippen LogP contribution is 2.26. The normalized spacial score (nSPS) is 11.0. The molecule has 7 nitrogen and oxygen atoms in total. The smallest absolute Gasteiger partial charge is 0.271 e. The van der Waals surface area contributed by atoms with Crippen molar-refractivity contribution in [3.8, 4) is 11.5 Å². The first-order valence-corrected chi connectivity index (χ1v) is 7.62. The number of aromatic amines is 1. The third kappa shape index (κ3) is 3.60. The summed E-state index contributed by atoms with van der Waals surface area (Å²) in [4.78, 5) is 19.6. The van der Waals surface area contributed by atoms with Gasteiger partial charge in [0.05, 0.1) is 31.5 Å². The van der Waals surface area contributed by atoms with Crippen molar-refractivity contribution < 1.29 is 14.3 Å². The van der Waals surface area contributed by atoms with Gasteiger partial charge < -0.3 is 14.5 Å². The number of benzene rings is 2. The molecule has 7 heteroatoms. The molecule has 0 atom stereocenters. The Balaban J connectivity index is 1.71. The summed E-state index contributed by atoms with van der Waals surface area (Å²) in [5.74, 6) is 1.73. The van der Waals surface area contributed by atoms with Crippen LogP contribution in [0.1, 0.15) is 21.7 Å². The number of aromatic nitrogens is 2. The topological polar surface area (TPSA) is 88.6 Å². The van der Waals surface area contributed by atoms with E-state index in [1.165, 1.54) is 0 Å². The molecule has 1 aromatic heterocycles. The lowest BCUT2D eigenvalue weighted by Crippen LogP contribution is -2.17. The standard InChI is InChI=1S/C18H18N4O3/c1-11-20-14-6-5-13(9-15(14)21-11)18(23)22-19-10-12-4-7-16(24-2)17(8-12)25-3/h4-10H,1-3H3,(H,20,21)(H,22,23)/b19-10+. The summed E-state index contributed by atoms with van der Waals surface area (Å²) in [6.45, 7) is 1.87. The SMILES string of the molecule is COc1ccc(/C=N/NC(=O)c2ccc3nc(C)[nH]c3c2)cc1OC.